The van der Waals surface area contributed by atoms with Crippen molar-refractivity contribution in [1.29, 1.82) is 5.26 Å². The van der Waals surface area contributed by atoms with Crippen LogP contribution in [-0.4, -0.2) is 16.7 Å². The number of aryl methyl sites for hydroxylation is 1. The minimum atomic E-state index is -0.928. The summed E-state index contributed by atoms with van der Waals surface area (Å²) >= 11 is 5.80. The summed E-state index contributed by atoms with van der Waals surface area (Å²) in [5.41, 5.74) is 1.89. The Labute approximate surface area is 189 Å². The van der Waals surface area contributed by atoms with E-state index in [4.69, 9.17) is 11.6 Å². The van der Waals surface area contributed by atoms with Crippen molar-refractivity contribution in [3.63, 3.8) is 0 Å². The zero-order valence-electron chi connectivity index (χ0n) is 17.7. The largest absolute Gasteiger partial charge is 0.326 e. The molecule has 8 heteroatoms. The van der Waals surface area contributed by atoms with Crippen molar-refractivity contribution in [2.75, 3.05) is 0 Å². The number of nitrogens with zero attached hydrogens (tertiary/aromatic N) is 2. The Kier molecular flexibility index (Phi) is 6.47. The van der Waals surface area contributed by atoms with Gasteiger partial charge in [-0.1, -0.05) is 32.0 Å². The Hall–Kier alpha value is -3.50. The number of allylic oxidation sites excluding steroid dienone is 2. The summed E-state index contributed by atoms with van der Waals surface area (Å²) in [5, 5.41) is 11.6. The number of carbonyl (C=O) groups is 2. The molecule has 164 valence electrons. The maximum atomic E-state index is 14.4. The number of halogens is 3. The average molecular weight is 456 g/mol. The van der Waals surface area contributed by atoms with Crippen LogP contribution in [0.1, 0.15) is 40.9 Å². The van der Waals surface area contributed by atoms with E-state index in [0.717, 1.165) is 11.0 Å². The van der Waals surface area contributed by atoms with Gasteiger partial charge in [-0.05, 0) is 42.7 Å². The van der Waals surface area contributed by atoms with Gasteiger partial charge in [-0.2, -0.15) is 5.26 Å². The van der Waals surface area contributed by atoms with E-state index in [1.807, 2.05) is 19.9 Å². The first-order valence-electron chi connectivity index (χ1n) is 9.75. The maximum absolute atomic E-state index is 14.4. The first kappa shape index (κ1) is 23.2. The van der Waals surface area contributed by atoms with Crippen LogP contribution in [0.2, 0.25) is 5.02 Å². The second-order valence-corrected chi connectivity index (χ2v) is 8.21. The lowest BCUT2D eigenvalue weighted by atomic mass is 9.91. The molecule has 3 rings (SSSR count). The molecule has 1 aliphatic heterocycles. The number of carbonyl (C=O) groups excluding carboxylic acids is 2. The number of urea groups is 1. The lowest BCUT2D eigenvalue weighted by molar-refractivity contribution is 0.0987. The first-order chi connectivity index (χ1) is 15.0. The van der Waals surface area contributed by atoms with E-state index < -0.39 is 23.4 Å². The second-order valence-electron chi connectivity index (χ2n) is 7.80. The highest BCUT2D eigenvalue weighted by Crippen LogP contribution is 2.32. The SMILES string of the molecule is C=C1NC(=O)N(Cc2cc(Cl)c(F)cc2F)C(C(=O)c2cc(C)cc(C#N)c2)=C1C(C)C. The number of Topliss-reactive ketones (excluding diaryl/α,β-unsaturated/α-hetero) is 1. The van der Waals surface area contributed by atoms with Crippen molar-refractivity contribution in [3.05, 3.63) is 92.8 Å². The third-order valence-corrected chi connectivity index (χ3v) is 5.32. The summed E-state index contributed by atoms with van der Waals surface area (Å²) in [7, 11) is 0. The molecule has 0 radical (unpaired) electrons. The molecule has 0 unspecified atom stereocenters. The van der Waals surface area contributed by atoms with Crippen molar-refractivity contribution in [1.82, 2.24) is 10.2 Å². The Bertz CT molecular complexity index is 1230. The number of hydrogen-bond acceptors (Lipinski definition) is 3. The third-order valence-electron chi connectivity index (χ3n) is 5.03. The summed E-state index contributed by atoms with van der Waals surface area (Å²) in [6.45, 7) is 8.91. The van der Waals surface area contributed by atoms with E-state index >= 15 is 0 Å². The van der Waals surface area contributed by atoms with E-state index in [0.29, 0.717) is 22.8 Å². The van der Waals surface area contributed by atoms with E-state index in [2.05, 4.69) is 11.9 Å². The van der Waals surface area contributed by atoms with E-state index in [1.165, 1.54) is 6.07 Å². The van der Waals surface area contributed by atoms with Crippen molar-refractivity contribution < 1.29 is 18.4 Å². The molecule has 0 saturated heterocycles. The van der Waals surface area contributed by atoms with Crippen LogP contribution >= 0.6 is 11.6 Å². The lowest BCUT2D eigenvalue weighted by Gasteiger charge is -2.34. The lowest BCUT2D eigenvalue weighted by Crippen LogP contribution is -2.46. The van der Waals surface area contributed by atoms with E-state index in [-0.39, 0.29) is 40.0 Å². The zero-order valence-corrected chi connectivity index (χ0v) is 18.5. The summed E-state index contributed by atoms with van der Waals surface area (Å²) < 4.78 is 28.0. The first-order valence-corrected chi connectivity index (χ1v) is 10.1. The van der Waals surface area contributed by atoms with Crippen molar-refractivity contribution in [2.45, 2.75) is 27.3 Å². The number of ketones is 1. The maximum Gasteiger partial charge on any atom is 0.326 e. The number of rotatable bonds is 5. The molecular weight excluding hydrogens is 436 g/mol. The van der Waals surface area contributed by atoms with Crippen LogP contribution in [0.15, 0.2) is 53.9 Å². The molecule has 0 atom stereocenters. The molecule has 32 heavy (non-hydrogen) atoms. The number of hydrogen-bond donors (Lipinski definition) is 1. The predicted octanol–water partition coefficient (Wildman–Crippen LogP) is 5.63. The highest BCUT2D eigenvalue weighted by molar-refractivity contribution is 6.30. The van der Waals surface area contributed by atoms with Gasteiger partial charge in [0.25, 0.3) is 0 Å². The van der Waals surface area contributed by atoms with Crippen molar-refractivity contribution in [3.8, 4) is 6.07 Å². The fourth-order valence-corrected chi connectivity index (χ4v) is 3.83. The van der Waals surface area contributed by atoms with Gasteiger partial charge in [0.1, 0.15) is 11.6 Å². The Morgan fingerprint density at radius 3 is 2.53 bits per heavy atom. The van der Waals surface area contributed by atoms with Crippen LogP contribution in [0.25, 0.3) is 0 Å². The van der Waals surface area contributed by atoms with E-state index in [1.54, 1.807) is 19.1 Å². The highest BCUT2D eigenvalue weighted by atomic mass is 35.5. The molecular formula is C24H20ClF2N3O2. The van der Waals surface area contributed by atoms with Crippen LogP contribution < -0.4 is 5.32 Å². The molecule has 0 aromatic heterocycles. The molecule has 1 heterocycles. The van der Waals surface area contributed by atoms with Gasteiger partial charge < -0.3 is 5.32 Å². The van der Waals surface area contributed by atoms with Gasteiger partial charge in [-0.15, -0.1) is 0 Å². The number of amides is 2. The fraction of sp³-hybridized carbons (Fsp3) is 0.208. The van der Waals surface area contributed by atoms with Gasteiger partial charge >= 0.3 is 6.03 Å². The molecule has 1 N–H and O–H groups in total. The molecule has 2 amide bonds. The Balaban J connectivity index is 2.19. The predicted molar refractivity (Wildman–Crippen MR) is 117 cm³/mol. The van der Waals surface area contributed by atoms with Crippen molar-refractivity contribution >= 4 is 23.4 Å². The third kappa shape index (κ3) is 4.41. The van der Waals surface area contributed by atoms with Crippen LogP contribution in [0, 0.1) is 35.8 Å². The smallest absolute Gasteiger partial charge is 0.308 e. The van der Waals surface area contributed by atoms with Crippen LogP contribution in [-0.2, 0) is 6.54 Å². The molecule has 0 fully saturated rings. The van der Waals surface area contributed by atoms with Crippen LogP contribution in [0.5, 0.6) is 0 Å². The molecule has 0 bridgehead atoms. The summed E-state index contributed by atoms with van der Waals surface area (Å²) in [6, 6.07) is 7.72. The zero-order chi connectivity index (χ0) is 23.7. The highest BCUT2D eigenvalue weighted by Gasteiger charge is 2.35. The number of nitriles is 1. The standard InChI is InChI=1S/C24H20ClF2N3O2/c1-12(2)21-14(4)29-24(32)30(11-17-8-18(25)20(27)9-19(17)26)22(21)23(31)16-6-13(3)5-15(7-16)10-28/h5-9,12H,4,11H2,1-3H3,(H,29,32). The van der Waals surface area contributed by atoms with Crippen LogP contribution in [0.3, 0.4) is 0 Å². The summed E-state index contributed by atoms with van der Waals surface area (Å²) in [4.78, 5) is 27.6. The molecule has 0 saturated carbocycles. The quantitative estimate of drug-likeness (QED) is 0.469. The summed E-state index contributed by atoms with van der Waals surface area (Å²) in [6.07, 6.45) is 0. The fourth-order valence-electron chi connectivity index (χ4n) is 3.64. The van der Waals surface area contributed by atoms with Crippen molar-refractivity contribution in [2.24, 2.45) is 5.92 Å². The molecule has 5 nitrogen and oxygen atoms in total. The summed E-state index contributed by atoms with van der Waals surface area (Å²) in [5.74, 6) is -2.56. The van der Waals surface area contributed by atoms with Crippen LogP contribution in [0.4, 0.5) is 13.6 Å². The minimum absolute atomic E-state index is 0.0167. The topological polar surface area (TPSA) is 73.2 Å². The van der Waals surface area contributed by atoms with E-state index in [9.17, 15) is 23.6 Å². The Morgan fingerprint density at radius 2 is 1.91 bits per heavy atom. The minimum Gasteiger partial charge on any atom is -0.308 e. The monoisotopic (exact) mass is 455 g/mol. The average Bonchev–Trinajstić information content (AvgIpc) is 2.71. The second kappa shape index (κ2) is 8.93. The van der Waals surface area contributed by atoms with Gasteiger partial charge in [0, 0.05) is 28.5 Å². The number of benzene rings is 2. The number of nitrogens with one attached hydrogen (secondary N) is 1. The van der Waals surface area contributed by atoms with Gasteiger partial charge in [0.15, 0.2) is 0 Å². The molecule has 2 aromatic rings. The van der Waals surface area contributed by atoms with Gasteiger partial charge in [-0.3, -0.25) is 9.69 Å². The molecule has 0 aliphatic carbocycles. The Morgan fingerprint density at radius 1 is 1.22 bits per heavy atom. The molecule has 0 spiro atoms. The van der Waals surface area contributed by atoms with Gasteiger partial charge in [0.05, 0.1) is 28.9 Å². The van der Waals surface area contributed by atoms with Gasteiger partial charge in [0.2, 0.25) is 5.78 Å². The molecule has 1 aliphatic rings. The normalized spacial score (nSPS) is 14.0. The van der Waals surface area contributed by atoms with Gasteiger partial charge in [-0.25, -0.2) is 13.6 Å². The molecule has 2 aromatic carbocycles.